The zero-order valence-corrected chi connectivity index (χ0v) is 18.1. The van der Waals surface area contributed by atoms with E-state index >= 15 is 0 Å². The van der Waals surface area contributed by atoms with E-state index in [-0.39, 0.29) is 39.7 Å². The second-order valence-electron chi connectivity index (χ2n) is 7.22. The Morgan fingerprint density at radius 1 is 0.909 bits per heavy atom. The molecule has 0 aliphatic carbocycles. The lowest BCUT2D eigenvalue weighted by atomic mass is 9.96. The predicted molar refractivity (Wildman–Crippen MR) is 127 cm³/mol. The van der Waals surface area contributed by atoms with Crippen molar-refractivity contribution in [3.63, 3.8) is 0 Å². The van der Waals surface area contributed by atoms with Gasteiger partial charge in [-0.3, -0.25) is 4.79 Å². The summed E-state index contributed by atoms with van der Waals surface area (Å²) in [6.45, 7) is 0. The number of ether oxygens (including phenoxy) is 2. The predicted octanol–water partition coefficient (Wildman–Crippen LogP) is 5.84. The second-order valence-corrected chi connectivity index (χ2v) is 7.22. The van der Waals surface area contributed by atoms with E-state index in [2.05, 4.69) is 0 Å². The molecule has 0 bridgehead atoms. The van der Waals surface area contributed by atoms with Crippen molar-refractivity contribution in [2.45, 2.75) is 0 Å². The van der Waals surface area contributed by atoms with Gasteiger partial charge in [0.25, 0.3) is 0 Å². The maximum atomic E-state index is 13.8. The number of hydrogen-bond donors (Lipinski definition) is 2. The summed E-state index contributed by atoms with van der Waals surface area (Å²) in [5, 5.41) is 21.3. The van der Waals surface area contributed by atoms with Crippen molar-refractivity contribution in [1.82, 2.24) is 0 Å². The first-order valence-electron chi connectivity index (χ1n) is 10.2. The Balaban J connectivity index is 1.91. The quantitative estimate of drug-likeness (QED) is 0.212. The maximum absolute atomic E-state index is 13.8. The number of fused-ring (bicyclic) bond motifs is 1. The number of phenols is 2. The third-order valence-electron chi connectivity index (χ3n) is 5.14. The molecule has 4 aromatic rings. The molecule has 0 aliphatic heterocycles. The molecule has 4 rings (SSSR count). The zero-order valence-electron chi connectivity index (χ0n) is 18.1. The van der Waals surface area contributed by atoms with Crippen LogP contribution in [-0.4, -0.2) is 30.2 Å². The lowest BCUT2D eigenvalue weighted by molar-refractivity contribution is 0.103. The van der Waals surface area contributed by atoms with Crippen LogP contribution in [0.25, 0.3) is 23.1 Å². The second kappa shape index (κ2) is 9.36. The largest absolute Gasteiger partial charge is 0.508 e. The molecule has 2 N–H and O–H groups in total. The molecule has 3 aromatic carbocycles. The van der Waals surface area contributed by atoms with Gasteiger partial charge in [0.05, 0.1) is 25.9 Å². The molecule has 0 aliphatic rings. The third-order valence-corrected chi connectivity index (χ3v) is 5.14. The Bertz CT molecular complexity index is 1360. The fraction of sp³-hybridized carbons (Fsp3) is 0.0741. The van der Waals surface area contributed by atoms with Gasteiger partial charge in [-0.25, -0.2) is 0 Å². The van der Waals surface area contributed by atoms with Crippen LogP contribution in [0.2, 0.25) is 0 Å². The van der Waals surface area contributed by atoms with Gasteiger partial charge in [-0.05, 0) is 35.4 Å². The number of Topliss-reactive ketones (excluding diaryl/α,β-unsaturated/α-hetero) is 1. The Hall–Kier alpha value is -4.45. The average molecular weight is 442 g/mol. The van der Waals surface area contributed by atoms with Crippen molar-refractivity contribution in [3.05, 3.63) is 95.3 Å². The molecule has 0 fully saturated rings. The molecule has 0 saturated carbocycles. The minimum atomic E-state index is -0.485. The highest BCUT2D eigenvalue weighted by atomic mass is 16.5. The van der Waals surface area contributed by atoms with Crippen LogP contribution in [-0.2, 0) is 0 Å². The van der Waals surface area contributed by atoms with Crippen molar-refractivity contribution in [1.29, 1.82) is 0 Å². The van der Waals surface area contributed by atoms with Crippen LogP contribution in [0.5, 0.6) is 23.0 Å². The number of carbonyl (C=O) groups is 1. The first-order valence-corrected chi connectivity index (χ1v) is 10.2. The third kappa shape index (κ3) is 4.32. The number of methoxy groups -OCH3 is 2. The molecule has 166 valence electrons. The van der Waals surface area contributed by atoms with E-state index in [1.807, 2.05) is 30.3 Å². The lowest BCUT2D eigenvalue weighted by Crippen LogP contribution is -2.06. The molecule has 6 nitrogen and oxygen atoms in total. The number of rotatable bonds is 7. The molecule has 1 aromatic heterocycles. The van der Waals surface area contributed by atoms with Crippen LogP contribution in [0.4, 0.5) is 0 Å². The fourth-order valence-electron chi connectivity index (χ4n) is 3.62. The van der Waals surface area contributed by atoms with Gasteiger partial charge in [0.2, 0.25) is 11.5 Å². The van der Waals surface area contributed by atoms with E-state index in [4.69, 9.17) is 13.9 Å². The van der Waals surface area contributed by atoms with Gasteiger partial charge in [-0.2, -0.15) is 0 Å². The zero-order chi connectivity index (χ0) is 23.4. The van der Waals surface area contributed by atoms with Crippen LogP contribution in [0.3, 0.4) is 0 Å². The molecule has 0 spiro atoms. The van der Waals surface area contributed by atoms with Gasteiger partial charge >= 0.3 is 0 Å². The van der Waals surface area contributed by atoms with Crippen molar-refractivity contribution >= 4 is 28.9 Å². The number of phenolic OH excluding ortho intramolecular Hbond substituents is 2. The molecule has 0 unspecified atom stereocenters. The molecule has 0 atom stereocenters. The van der Waals surface area contributed by atoms with Gasteiger partial charge in [-0.15, -0.1) is 0 Å². The topological polar surface area (TPSA) is 89.1 Å². The summed E-state index contributed by atoms with van der Waals surface area (Å²) in [5.41, 5.74) is 2.01. The van der Waals surface area contributed by atoms with Crippen LogP contribution in [0, 0.1) is 0 Å². The standard InChI is InChI=1S/C27H22O6/c1-31-25-21-13-14-33-26(21)27(32-2)24(30)22(25)23(29)19(12-11-17-7-4-3-5-8-17)15-18-9-6-10-20(28)16-18/h3-16,28,30H,1-2H3. The summed E-state index contributed by atoms with van der Waals surface area (Å²) < 4.78 is 16.3. The molecular formula is C27H22O6. The highest BCUT2D eigenvalue weighted by Gasteiger charge is 2.28. The van der Waals surface area contributed by atoms with Gasteiger partial charge in [0, 0.05) is 5.57 Å². The van der Waals surface area contributed by atoms with E-state index in [9.17, 15) is 15.0 Å². The summed E-state index contributed by atoms with van der Waals surface area (Å²) >= 11 is 0. The molecule has 0 amide bonds. The minimum Gasteiger partial charge on any atom is -0.508 e. The van der Waals surface area contributed by atoms with Gasteiger partial charge < -0.3 is 24.1 Å². The number of benzene rings is 3. The first kappa shape index (κ1) is 21.8. The minimum absolute atomic E-state index is 0.0443. The molecule has 6 heteroatoms. The average Bonchev–Trinajstić information content (AvgIpc) is 3.30. The van der Waals surface area contributed by atoms with Crippen molar-refractivity contribution in [2.75, 3.05) is 14.2 Å². The molecular weight excluding hydrogens is 420 g/mol. The lowest BCUT2D eigenvalue weighted by Gasteiger charge is -2.14. The summed E-state index contributed by atoms with van der Waals surface area (Å²) in [6.07, 6.45) is 6.52. The molecule has 0 radical (unpaired) electrons. The van der Waals surface area contributed by atoms with E-state index < -0.39 is 5.78 Å². The van der Waals surface area contributed by atoms with E-state index in [1.54, 1.807) is 48.6 Å². The Morgan fingerprint density at radius 3 is 2.33 bits per heavy atom. The summed E-state index contributed by atoms with van der Waals surface area (Å²) in [7, 11) is 2.81. The molecule has 1 heterocycles. The number of aromatic hydroxyl groups is 2. The highest BCUT2D eigenvalue weighted by Crippen LogP contribution is 2.46. The summed E-state index contributed by atoms with van der Waals surface area (Å²) in [6, 6.07) is 17.7. The fourth-order valence-corrected chi connectivity index (χ4v) is 3.62. The van der Waals surface area contributed by atoms with E-state index in [1.165, 1.54) is 20.5 Å². The maximum Gasteiger partial charge on any atom is 0.205 e. The Kier molecular flexibility index (Phi) is 6.17. The van der Waals surface area contributed by atoms with Crippen molar-refractivity contribution in [3.8, 4) is 23.0 Å². The number of furan rings is 1. The molecule has 33 heavy (non-hydrogen) atoms. The molecule has 0 saturated heterocycles. The van der Waals surface area contributed by atoms with Crippen LogP contribution in [0.15, 0.2) is 83.0 Å². The monoisotopic (exact) mass is 442 g/mol. The van der Waals surface area contributed by atoms with Gasteiger partial charge in [-0.1, -0.05) is 54.6 Å². The highest BCUT2D eigenvalue weighted by molar-refractivity contribution is 6.19. The number of allylic oxidation sites excluding steroid dienone is 2. The SMILES string of the molecule is COc1c(C(=O)C(C=Cc2ccccc2)=Cc2cccc(O)c2)c(O)c(OC)c2occc12. The summed E-state index contributed by atoms with van der Waals surface area (Å²) in [4.78, 5) is 13.8. The normalized spacial score (nSPS) is 11.8. The van der Waals surface area contributed by atoms with E-state index in [0.717, 1.165) is 5.56 Å². The van der Waals surface area contributed by atoms with E-state index in [0.29, 0.717) is 10.9 Å². The van der Waals surface area contributed by atoms with Crippen LogP contribution in [0.1, 0.15) is 21.5 Å². The number of ketones is 1. The summed E-state index contributed by atoms with van der Waals surface area (Å²) in [5.74, 6) is -0.567. The first-order chi connectivity index (χ1) is 16.0. The van der Waals surface area contributed by atoms with Crippen molar-refractivity contribution < 1.29 is 28.9 Å². The smallest absolute Gasteiger partial charge is 0.205 e. The number of carbonyl (C=O) groups excluding carboxylic acids is 1. The number of hydrogen-bond acceptors (Lipinski definition) is 6. The van der Waals surface area contributed by atoms with Gasteiger partial charge in [0.15, 0.2) is 11.3 Å². The Labute approximate surface area is 190 Å². The van der Waals surface area contributed by atoms with Gasteiger partial charge in [0.1, 0.15) is 17.1 Å². The van der Waals surface area contributed by atoms with Crippen LogP contribution < -0.4 is 9.47 Å². The Morgan fingerprint density at radius 2 is 1.64 bits per heavy atom. The van der Waals surface area contributed by atoms with Crippen LogP contribution >= 0.6 is 0 Å². The van der Waals surface area contributed by atoms with Crippen molar-refractivity contribution in [2.24, 2.45) is 0 Å².